The van der Waals surface area contributed by atoms with Gasteiger partial charge in [0.2, 0.25) is 0 Å². The number of aryl methyl sites for hydroxylation is 1. The summed E-state index contributed by atoms with van der Waals surface area (Å²) in [6.45, 7) is 2.02. The first kappa shape index (κ1) is 12.1. The van der Waals surface area contributed by atoms with Crippen LogP contribution in [0.25, 0.3) is 0 Å². The molecule has 0 saturated heterocycles. The average Bonchev–Trinajstić information content (AvgIpc) is 2.33. The Morgan fingerprint density at radius 1 is 1.18 bits per heavy atom. The van der Waals surface area contributed by atoms with Gasteiger partial charge in [-0.1, -0.05) is 29.8 Å². The van der Waals surface area contributed by atoms with Crippen molar-refractivity contribution in [2.24, 2.45) is 5.73 Å². The van der Waals surface area contributed by atoms with Gasteiger partial charge in [0.15, 0.2) is 0 Å². The lowest BCUT2D eigenvalue weighted by atomic mass is 10.0. The van der Waals surface area contributed by atoms with E-state index in [1.54, 1.807) is 0 Å². The van der Waals surface area contributed by atoms with Crippen molar-refractivity contribution in [1.82, 2.24) is 4.98 Å². The molecule has 1 atom stereocenters. The molecule has 3 heteroatoms. The van der Waals surface area contributed by atoms with Gasteiger partial charge in [-0.25, -0.2) is 0 Å². The van der Waals surface area contributed by atoms with Crippen molar-refractivity contribution >= 4 is 11.6 Å². The second-order valence-corrected chi connectivity index (χ2v) is 4.63. The van der Waals surface area contributed by atoms with Crippen molar-refractivity contribution in [3.05, 3.63) is 64.4 Å². The summed E-state index contributed by atoms with van der Waals surface area (Å²) in [5.41, 5.74) is 9.39. The van der Waals surface area contributed by atoms with E-state index in [-0.39, 0.29) is 6.04 Å². The molecule has 2 rings (SSSR count). The Balaban J connectivity index is 2.08. The molecule has 2 N–H and O–H groups in total. The minimum Gasteiger partial charge on any atom is -0.324 e. The molecule has 1 heterocycles. The topological polar surface area (TPSA) is 38.9 Å². The third kappa shape index (κ3) is 3.29. The Kier molecular flexibility index (Phi) is 3.77. The van der Waals surface area contributed by atoms with Crippen LogP contribution in [-0.4, -0.2) is 4.98 Å². The fraction of sp³-hybridized carbons (Fsp3) is 0.214. The highest BCUT2D eigenvalue weighted by molar-refractivity contribution is 6.30. The average molecular weight is 247 g/mol. The molecule has 88 valence electrons. The van der Waals surface area contributed by atoms with E-state index in [0.717, 1.165) is 28.3 Å². The first-order valence-corrected chi connectivity index (χ1v) is 5.95. The fourth-order valence-corrected chi connectivity index (χ4v) is 1.80. The maximum Gasteiger partial charge on any atom is 0.0422 e. The third-order valence-corrected chi connectivity index (χ3v) is 2.95. The highest BCUT2D eigenvalue weighted by atomic mass is 35.5. The number of hydrogen-bond donors (Lipinski definition) is 1. The summed E-state index contributed by atoms with van der Waals surface area (Å²) in [5.74, 6) is 0. The molecule has 0 fully saturated rings. The second kappa shape index (κ2) is 5.30. The van der Waals surface area contributed by atoms with Crippen LogP contribution in [0.3, 0.4) is 0 Å². The van der Waals surface area contributed by atoms with Gasteiger partial charge in [-0.05, 0) is 36.2 Å². The predicted molar refractivity (Wildman–Crippen MR) is 71.1 cm³/mol. The van der Waals surface area contributed by atoms with Crippen LogP contribution in [0.15, 0.2) is 42.6 Å². The number of hydrogen-bond acceptors (Lipinski definition) is 2. The third-order valence-electron chi connectivity index (χ3n) is 2.70. The fourth-order valence-electron chi connectivity index (χ4n) is 1.67. The van der Waals surface area contributed by atoms with Crippen LogP contribution < -0.4 is 5.73 Å². The predicted octanol–water partition coefficient (Wildman–Crippen LogP) is 3.29. The van der Waals surface area contributed by atoms with Crippen molar-refractivity contribution in [2.75, 3.05) is 0 Å². The molecule has 1 unspecified atom stereocenters. The number of benzene rings is 1. The molecule has 0 bridgehead atoms. The van der Waals surface area contributed by atoms with E-state index in [9.17, 15) is 0 Å². The molecule has 2 nitrogen and oxygen atoms in total. The number of halogens is 1. The van der Waals surface area contributed by atoms with Crippen LogP contribution in [0.4, 0.5) is 0 Å². The van der Waals surface area contributed by atoms with E-state index >= 15 is 0 Å². The normalized spacial score (nSPS) is 12.4. The SMILES string of the molecule is Cc1ccc(CC(N)c2ccc(Cl)cc2)nc1. The minimum atomic E-state index is -0.0394. The zero-order chi connectivity index (χ0) is 12.3. The zero-order valence-electron chi connectivity index (χ0n) is 9.73. The first-order chi connectivity index (χ1) is 8.15. The molecular formula is C14H15ClN2. The Hall–Kier alpha value is -1.38. The molecule has 2 aromatic rings. The lowest BCUT2D eigenvalue weighted by molar-refractivity contribution is 0.706. The Morgan fingerprint density at radius 2 is 1.88 bits per heavy atom. The Bertz CT molecular complexity index is 477. The molecule has 0 aliphatic rings. The van der Waals surface area contributed by atoms with Crippen LogP contribution in [0.5, 0.6) is 0 Å². The lowest BCUT2D eigenvalue weighted by Crippen LogP contribution is -2.13. The van der Waals surface area contributed by atoms with Gasteiger partial charge in [-0.2, -0.15) is 0 Å². The largest absolute Gasteiger partial charge is 0.324 e. The van der Waals surface area contributed by atoms with Crippen LogP contribution in [0, 0.1) is 6.92 Å². The molecule has 0 saturated carbocycles. The van der Waals surface area contributed by atoms with Gasteiger partial charge in [-0.3, -0.25) is 4.98 Å². The molecule has 0 aliphatic heterocycles. The second-order valence-electron chi connectivity index (χ2n) is 4.19. The summed E-state index contributed by atoms with van der Waals surface area (Å²) in [5, 5.41) is 0.731. The highest BCUT2D eigenvalue weighted by Crippen LogP contribution is 2.17. The van der Waals surface area contributed by atoms with Crippen molar-refractivity contribution < 1.29 is 0 Å². The van der Waals surface area contributed by atoms with Gasteiger partial charge in [-0.15, -0.1) is 0 Å². The maximum atomic E-state index is 6.13. The molecule has 1 aromatic carbocycles. The summed E-state index contributed by atoms with van der Waals surface area (Å²) in [7, 11) is 0. The van der Waals surface area contributed by atoms with Gasteiger partial charge < -0.3 is 5.73 Å². The van der Waals surface area contributed by atoms with E-state index < -0.39 is 0 Å². The van der Waals surface area contributed by atoms with Gasteiger partial charge in [0.25, 0.3) is 0 Å². The number of rotatable bonds is 3. The van der Waals surface area contributed by atoms with Gasteiger partial charge in [0.05, 0.1) is 0 Å². The van der Waals surface area contributed by atoms with Crippen molar-refractivity contribution in [3.8, 4) is 0 Å². The van der Waals surface area contributed by atoms with Crippen LogP contribution in [-0.2, 0) is 6.42 Å². The smallest absolute Gasteiger partial charge is 0.0422 e. The van der Waals surface area contributed by atoms with Gasteiger partial charge in [0, 0.05) is 29.4 Å². The molecule has 0 amide bonds. The van der Waals surface area contributed by atoms with Crippen molar-refractivity contribution in [3.63, 3.8) is 0 Å². The molecule has 1 aromatic heterocycles. The molecule has 17 heavy (non-hydrogen) atoms. The zero-order valence-corrected chi connectivity index (χ0v) is 10.5. The maximum absolute atomic E-state index is 6.13. The Labute approximate surface area is 106 Å². The Morgan fingerprint density at radius 3 is 2.47 bits per heavy atom. The summed E-state index contributed by atoms with van der Waals surface area (Å²) in [6.07, 6.45) is 2.60. The first-order valence-electron chi connectivity index (χ1n) is 5.58. The number of aromatic nitrogens is 1. The van der Waals surface area contributed by atoms with E-state index in [0.29, 0.717) is 0 Å². The van der Waals surface area contributed by atoms with E-state index in [1.165, 1.54) is 0 Å². The van der Waals surface area contributed by atoms with Crippen LogP contribution in [0.1, 0.15) is 22.9 Å². The van der Waals surface area contributed by atoms with E-state index in [2.05, 4.69) is 11.1 Å². The summed E-state index contributed by atoms with van der Waals surface area (Å²) in [4.78, 5) is 4.36. The van der Waals surface area contributed by atoms with Crippen LogP contribution in [0.2, 0.25) is 5.02 Å². The molecule has 0 spiro atoms. The minimum absolute atomic E-state index is 0.0394. The van der Waals surface area contributed by atoms with Crippen molar-refractivity contribution in [1.29, 1.82) is 0 Å². The molecular weight excluding hydrogens is 232 g/mol. The van der Waals surface area contributed by atoms with Crippen molar-refractivity contribution in [2.45, 2.75) is 19.4 Å². The highest BCUT2D eigenvalue weighted by Gasteiger charge is 2.07. The standard InChI is InChI=1S/C14H15ClN2/c1-10-2-7-13(17-9-10)8-14(16)11-3-5-12(15)6-4-11/h2-7,9,14H,8,16H2,1H3. The van der Waals surface area contributed by atoms with E-state index in [1.807, 2.05) is 43.5 Å². The monoisotopic (exact) mass is 246 g/mol. The lowest BCUT2D eigenvalue weighted by Gasteiger charge is -2.11. The summed E-state index contributed by atoms with van der Waals surface area (Å²) >= 11 is 5.84. The number of pyridine rings is 1. The molecule has 0 aliphatic carbocycles. The number of nitrogens with zero attached hydrogens (tertiary/aromatic N) is 1. The van der Waals surface area contributed by atoms with E-state index in [4.69, 9.17) is 17.3 Å². The summed E-state index contributed by atoms with van der Waals surface area (Å²) in [6, 6.07) is 11.7. The quantitative estimate of drug-likeness (QED) is 0.903. The van der Waals surface area contributed by atoms with Gasteiger partial charge in [0.1, 0.15) is 0 Å². The summed E-state index contributed by atoms with van der Waals surface area (Å²) < 4.78 is 0. The van der Waals surface area contributed by atoms with Crippen LogP contribution >= 0.6 is 11.6 Å². The molecule has 0 radical (unpaired) electrons. The number of nitrogens with two attached hydrogens (primary N) is 1. The van der Waals surface area contributed by atoms with Gasteiger partial charge >= 0.3 is 0 Å².